The molecule has 1 N–H and O–H groups in total. The molecule has 0 spiro atoms. The molecule has 0 saturated heterocycles. The maximum Gasteiger partial charge on any atom is 0.118 e. The first kappa shape index (κ1) is 16.4. The Morgan fingerprint density at radius 1 is 1.21 bits per heavy atom. The third kappa shape index (κ3) is 6.88. The molecular weight excluding hydrogens is 254 g/mol. The van der Waals surface area contributed by atoms with Crippen molar-refractivity contribution >= 4 is 11.8 Å². The highest BCUT2D eigenvalue weighted by molar-refractivity contribution is 7.99. The van der Waals surface area contributed by atoms with Crippen molar-refractivity contribution in [1.29, 1.82) is 0 Å². The van der Waals surface area contributed by atoms with Gasteiger partial charge in [-0.2, -0.15) is 11.8 Å². The number of hydrogen-bond acceptors (Lipinski definition) is 3. The fourth-order valence-electron chi connectivity index (χ4n) is 1.99. The van der Waals surface area contributed by atoms with Crippen molar-refractivity contribution in [2.24, 2.45) is 0 Å². The van der Waals surface area contributed by atoms with Crippen LogP contribution in [0, 0.1) is 0 Å². The summed E-state index contributed by atoms with van der Waals surface area (Å²) < 4.78 is 5.19. The first-order valence-corrected chi connectivity index (χ1v) is 8.39. The number of methoxy groups -OCH3 is 1. The molecule has 19 heavy (non-hydrogen) atoms. The number of nitrogens with one attached hydrogen (secondary N) is 1. The lowest BCUT2D eigenvalue weighted by molar-refractivity contribution is 0.414. The van der Waals surface area contributed by atoms with E-state index < -0.39 is 0 Å². The summed E-state index contributed by atoms with van der Waals surface area (Å²) in [6.45, 7) is 5.57. The molecule has 0 aromatic heterocycles. The van der Waals surface area contributed by atoms with Crippen LogP contribution >= 0.6 is 11.8 Å². The Bertz CT molecular complexity index is 318. The summed E-state index contributed by atoms with van der Waals surface area (Å²) in [5, 5.41) is 3.65. The molecule has 0 heterocycles. The minimum Gasteiger partial charge on any atom is -0.497 e. The van der Waals surface area contributed by atoms with Crippen LogP contribution in [0.2, 0.25) is 0 Å². The number of benzene rings is 1. The summed E-state index contributed by atoms with van der Waals surface area (Å²) in [7, 11) is 1.71. The SMILES string of the molecule is CCCNC(CCc1ccc(OC)cc1)CSCC. The van der Waals surface area contributed by atoms with Gasteiger partial charge in [0.1, 0.15) is 5.75 Å². The van der Waals surface area contributed by atoms with Crippen LogP contribution in [0.15, 0.2) is 24.3 Å². The van der Waals surface area contributed by atoms with Gasteiger partial charge in [-0.1, -0.05) is 26.0 Å². The number of rotatable bonds is 10. The summed E-state index contributed by atoms with van der Waals surface area (Å²) >= 11 is 2.03. The zero-order valence-electron chi connectivity index (χ0n) is 12.4. The maximum atomic E-state index is 5.19. The van der Waals surface area contributed by atoms with Crippen LogP contribution in [0.5, 0.6) is 5.75 Å². The first-order valence-electron chi connectivity index (χ1n) is 7.24. The molecule has 1 aromatic carbocycles. The van der Waals surface area contributed by atoms with Crippen molar-refractivity contribution in [3.05, 3.63) is 29.8 Å². The average Bonchev–Trinajstić information content (AvgIpc) is 2.47. The lowest BCUT2D eigenvalue weighted by atomic mass is 10.1. The van der Waals surface area contributed by atoms with Crippen molar-refractivity contribution in [2.45, 2.75) is 39.2 Å². The number of hydrogen-bond donors (Lipinski definition) is 1. The first-order chi connectivity index (χ1) is 9.30. The van der Waals surface area contributed by atoms with Crippen LogP contribution in [-0.2, 0) is 6.42 Å². The van der Waals surface area contributed by atoms with Crippen LogP contribution in [0.4, 0.5) is 0 Å². The van der Waals surface area contributed by atoms with Gasteiger partial charge in [0, 0.05) is 11.8 Å². The largest absolute Gasteiger partial charge is 0.497 e. The lowest BCUT2D eigenvalue weighted by Crippen LogP contribution is -2.32. The smallest absolute Gasteiger partial charge is 0.118 e. The lowest BCUT2D eigenvalue weighted by Gasteiger charge is -2.18. The number of ether oxygens (including phenoxy) is 1. The normalized spacial score (nSPS) is 12.4. The monoisotopic (exact) mass is 281 g/mol. The van der Waals surface area contributed by atoms with Gasteiger partial charge >= 0.3 is 0 Å². The Kier molecular flexibility index (Phi) is 8.76. The quantitative estimate of drug-likeness (QED) is 0.706. The van der Waals surface area contributed by atoms with E-state index in [1.165, 1.54) is 29.9 Å². The molecule has 0 amide bonds. The molecule has 2 nitrogen and oxygen atoms in total. The minimum atomic E-state index is 0.631. The molecule has 1 aromatic rings. The van der Waals surface area contributed by atoms with Gasteiger partial charge in [0.15, 0.2) is 0 Å². The second-order valence-electron chi connectivity index (χ2n) is 4.70. The summed E-state index contributed by atoms with van der Waals surface area (Å²) in [5.74, 6) is 3.35. The third-order valence-corrected chi connectivity index (χ3v) is 4.19. The Balaban J connectivity index is 2.39. The second kappa shape index (κ2) is 10.2. The molecule has 0 aliphatic rings. The van der Waals surface area contributed by atoms with Crippen molar-refractivity contribution in [2.75, 3.05) is 25.2 Å². The fraction of sp³-hybridized carbons (Fsp3) is 0.625. The van der Waals surface area contributed by atoms with Crippen LogP contribution in [0.1, 0.15) is 32.3 Å². The Morgan fingerprint density at radius 3 is 2.53 bits per heavy atom. The Labute approximate surface area is 122 Å². The molecule has 1 rings (SSSR count). The van der Waals surface area contributed by atoms with E-state index in [-0.39, 0.29) is 0 Å². The fourth-order valence-corrected chi connectivity index (χ4v) is 2.79. The highest BCUT2D eigenvalue weighted by Crippen LogP contribution is 2.14. The molecule has 1 atom stereocenters. The van der Waals surface area contributed by atoms with Gasteiger partial charge in [0.25, 0.3) is 0 Å². The van der Waals surface area contributed by atoms with E-state index >= 15 is 0 Å². The van der Waals surface area contributed by atoms with E-state index in [1.807, 2.05) is 23.9 Å². The molecule has 3 heteroatoms. The van der Waals surface area contributed by atoms with E-state index in [2.05, 4.69) is 31.3 Å². The predicted molar refractivity (Wildman–Crippen MR) is 86.4 cm³/mol. The van der Waals surface area contributed by atoms with Gasteiger partial charge in [-0.25, -0.2) is 0 Å². The average molecular weight is 281 g/mol. The third-order valence-electron chi connectivity index (χ3n) is 3.15. The highest BCUT2D eigenvalue weighted by Gasteiger charge is 2.07. The molecule has 0 aliphatic carbocycles. The van der Waals surface area contributed by atoms with E-state index in [9.17, 15) is 0 Å². The van der Waals surface area contributed by atoms with Crippen LogP contribution in [0.25, 0.3) is 0 Å². The van der Waals surface area contributed by atoms with Gasteiger partial charge in [-0.05, 0) is 49.3 Å². The molecular formula is C16H27NOS. The van der Waals surface area contributed by atoms with Gasteiger partial charge in [0.2, 0.25) is 0 Å². The molecule has 1 unspecified atom stereocenters. The van der Waals surface area contributed by atoms with E-state index in [4.69, 9.17) is 4.74 Å². The van der Waals surface area contributed by atoms with Crippen molar-refractivity contribution < 1.29 is 4.74 Å². The highest BCUT2D eigenvalue weighted by atomic mass is 32.2. The summed E-state index contributed by atoms with van der Waals surface area (Å²) in [6.07, 6.45) is 3.55. The molecule has 0 fully saturated rings. The van der Waals surface area contributed by atoms with E-state index in [0.717, 1.165) is 18.7 Å². The molecule has 0 saturated carbocycles. The summed E-state index contributed by atoms with van der Waals surface area (Å²) in [4.78, 5) is 0. The minimum absolute atomic E-state index is 0.631. The predicted octanol–water partition coefficient (Wildman–Crippen LogP) is 3.75. The molecule has 0 radical (unpaired) electrons. The van der Waals surface area contributed by atoms with Gasteiger partial charge in [0.05, 0.1) is 7.11 Å². The van der Waals surface area contributed by atoms with Gasteiger partial charge in [-0.3, -0.25) is 0 Å². The van der Waals surface area contributed by atoms with Crippen molar-refractivity contribution in [3.8, 4) is 5.75 Å². The Morgan fingerprint density at radius 2 is 1.95 bits per heavy atom. The van der Waals surface area contributed by atoms with Crippen LogP contribution in [0.3, 0.4) is 0 Å². The summed E-state index contributed by atoms with van der Waals surface area (Å²) in [6, 6.07) is 9.06. The number of thioether (sulfide) groups is 1. The zero-order valence-corrected chi connectivity index (χ0v) is 13.3. The standard InChI is InChI=1S/C16H27NOS/c1-4-12-17-15(13-19-5-2)9-6-14-7-10-16(18-3)11-8-14/h7-8,10-11,15,17H,4-6,9,12-13H2,1-3H3. The zero-order chi connectivity index (χ0) is 13.9. The summed E-state index contributed by atoms with van der Waals surface area (Å²) in [5.41, 5.74) is 1.39. The van der Waals surface area contributed by atoms with E-state index in [0.29, 0.717) is 6.04 Å². The molecule has 108 valence electrons. The molecule has 0 bridgehead atoms. The van der Waals surface area contributed by atoms with Crippen LogP contribution in [-0.4, -0.2) is 31.2 Å². The number of aryl methyl sites for hydroxylation is 1. The second-order valence-corrected chi connectivity index (χ2v) is 6.02. The van der Waals surface area contributed by atoms with Gasteiger partial charge in [-0.15, -0.1) is 0 Å². The van der Waals surface area contributed by atoms with Crippen LogP contribution < -0.4 is 10.1 Å². The Hall–Kier alpha value is -0.670. The maximum absolute atomic E-state index is 5.19. The molecule has 0 aliphatic heterocycles. The van der Waals surface area contributed by atoms with Crippen molar-refractivity contribution in [3.63, 3.8) is 0 Å². The van der Waals surface area contributed by atoms with Gasteiger partial charge < -0.3 is 10.1 Å². The van der Waals surface area contributed by atoms with Crippen molar-refractivity contribution in [1.82, 2.24) is 5.32 Å². The van der Waals surface area contributed by atoms with E-state index in [1.54, 1.807) is 7.11 Å². The topological polar surface area (TPSA) is 21.3 Å².